The third kappa shape index (κ3) is 1.94. The fourth-order valence-corrected chi connectivity index (χ4v) is 1.32. The van der Waals surface area contributed by atoms with Crippen molar-refractivity contribution in [2.75, 3.05) is 0 Å². The Balaban J connectivity index is 2.32. The summed E-state index contributed by atoms with van der Waals surface area (Å²) in [6.45, 7) is 0. The Morgan fingerprint density at radius 1 is 1.00 bits per heavy atom. The van der Waals surface area contributed by atoms with E-state index in [-0.39, 0.29) is 0 Å². The molecule has 0 N–H and O–H groups in total. The van der Waals surface area contributed by atoms with E-state index in [1.165, 1.54) is 5.56 Å². The second-order valence-corrected chi connectivity index (χ2v) is 2.92. The Hall–Kier alpha value is -1.63. The second-order valence-electron chi connectivity index (χ2n) is 2.92. The van der Waals surface area contributed by atoms with Gasteiger partial charge in [0.1, 0.15) is 0 Å². The van der Waals surface area contributed by atoms with Crippen LogP contribution in [0.5, 0.6) is 0 Å². The van der Waals surface area contributed by atoms with Gasteiger partial charge in [0.05, 0.1) is 5.71 Å². The maximum atomic E-state index is 4.37. The number of allylic oxidation sites excluding steroid dienone is 3. The summed E-state index contributed by atoms with van der Waals surface area (Å²) < 4.78 is 0. The Kier molecular flexibility index (Phi) is 2.37. The van der Waals surface area contributed by atoms with Crippen LogP contribution in [0.1, 0.15) is 12.0 Å². The topological polar surface area (TPSA) is 12.4 Å². The molecular formula is C12H11N. The molecule has 0 bridgehead atoms. The van der Waals surface area contributed by atoms with Gasteiger partial charge < -0.3 is 0 Å². The molecule has 0 fully saturated rings. The van der Waals surface area contributed by atoms with Gasteiger partial charge in [-0.1, -0.05) is 42.5 Å². The van der Waals surface area contributed by atoms with E-state index >= 15 is 0 Å². The number of aliphatic imine (C=N–C) groups is 1. The average molecular weight is 169 g/mol. The summed E-state index contributed by atoms with van der Waals surface area (Å²) >= 11 is 0. The van der Waals surface area contributed by atoms with E-state index in [0.29, 0.717) is 0 Å². The van der Waals surface area contributed by atoms with Crippen molar-refractivity contribution in [3.8, 4) is 0 Å². The molecule has 64 valence electrons. The SMILES string of the molecule is C1=CCC(c2ccccc2)=NC=C1. The minimum absolute atomic E-state index is 0.914. The molecule has 0 saturated heterocycles. The highest BCUT2D eigenvalue weighted by Gasteiger charge is 1.99. The Labute approximate surface area is 78.1 Å². The van der Waals surface area contributed by atoms with Crippen LogP contribution in [-0.4, -0.2) is 5.71 Å². The van der Waals surface area contributed by atoms with Crippen LogP contribution in [0.3, 0.4) is 0 Å². The van der Waals surface area contributed by atoms with Crippen LogP contribution in [-0.2, 0) is 0 Å². The van der Waals surface area contributed by atoms with Crippen LogP contribution in [0, 0.1) is 0 Å². The van der Waals surface area contributed by atoms with Crippen molar-refractivity contribution < 1.29 is 0 Å². The highest BCUT2D eigenvalue weighted by atomic mass is 14.7. The fourth-order valence-electron chi connectivity index (χ4n) is 1.32. The van der Waals surface area contributed by atoms with E-state index in [9.17, 15) is 0 Å². The summed E-state index contributed by atoms with van der Waals surface area (Å²) in [5.74, 6) is 0. The lowest BCUT2D eigenvalue weighted by Crippen LogP contribution is -1.97. The van der Waals surface area contributed by atoms with Crippen molar-refractivity contribution in [2.24, 2.45) is 4.99 Å². The smallest absolute Gasteiger partial charge is 0.0513 e. The summed E-state index contributed by atoms with van der Waals surface area (Å²) in [7, 11) is 0. The molecule has 1 aromatic carbocycles. The largest absolute Gasteiger partial charge is 0.260 e. The number of benzene rings is 1. The van der Waals surface area contributed by atoms with Crippen LogP contribution in [0.25, 0.3) is 0 Å². The van der Waals surface area contributed by atoms with Gasteiger partial charge in [0, 0.05) is 12.6 Å². The van der Waals surface area contributed by atoms with Crippen molar-refractivity contribution in [3.05, 3.63) is 60.3 Å². The molecule has 1 heteroatoms. The van der Waals surface area contributed by atoms with Crippen LogP contribution in [0.15, 0.2) is 59.8 Å². The van der Waals surface area contributed by atoms with Gasteiger partial charge >= 0.3 is 0 Å². The van der Waals surface area contributed by atoms with E-state index in [0.717, 1.165) is 12.1 Å². The lowest BCUT2D eigenvalue weighted by molar-refractivity contribution is 1.41. The maximum absolute atomic E-state index is 4.37. The molecule has 1 aromatic rings. The minimum atomic E-state index is 0.914. The number of rotatable bonds is 1. The summed E-state index contributed by atoms with van der Waals surface area (Å²) in [4.78, 5) is 4.37. The molecule has 1 aliphatic heterocycles. The van der Waals surface area contributed by atoms with E-state index in [2.05, 4.69) is 23.2 Å². The Bertz CT molecular complexity index is 358. The standard InChI is InChI=1S/C12H11N/c1-3-7-11(8-4-1)12-9-5-2-6-10-13-12/h1-8,10H,9H2. The zero-order valence-corrected chi connectivity index (χ0v) is 7.35. The molecule has 0 saturated carbocycles. The molecule has 0 unspecified atom stereocenters. The van der Waals surface area contributed by atoms with E-state index in [1.807, 2.05) is 36.6 Å². The summed E-state index contributed by atoms with van der Waals surface area (Å²) in [6.07, 6.45) is 8.85. The van der Waals surface area contributed by atoms with Gasteiger partial charge in [-0.05, 0) is 11.6 Å². The minimum Gasteiger partial charge on any atom is -0.260 e. The van der Waals surface area contributed by atoms with Crippen LogP contribution in [0.2, 0.25) is 0 Å². The molecule has 0 spiro atoms. The Morgan fingerprint density at radius 3 is 2.69 bits per heavy atom. The molecule has 13 heavy (non-hydrogen) atoms. The molecule has 1 heterocycles. The zero-order valence-electron chi connectivity index (χ0n) is 7.35. The third-order valence-corrected chi connectivity index (χ3v) is 1.98. The van der Waals surface area contributed by atoms with Crippen molar-refractivity contribution >= 4 is 5.71 Å². The maximum Gasteiger partial charge on any atom is 0.0513 e. The number of nitrogens with zero attached hydrogens (tertiary/aromatic N) is 1. The number of hydrogen-bond acceptors (Lipinski definition) is 1. The van der Waals surface area contributed by atoms with Gasteiger partial charge in [-0.25, -0.2) is 0 Å². The van der Waals surface area contributed by atoms with Gasteiger partial charge in [0.2, 0.25) is 0 Å². The molecule has 1 aliphatic rings. The first-order chi connectivity index (χ1) is 6.47. The predicted molar refractivity (Wildman–Crippen MR) is 55.9 cm³/mol. The van der Waals surface area contributed by atoms with Gasteiger partial charge in [-0.3, -0.25) is 4.99 Å². The summed E-state index contributed by atoms with van der Waals surface area (Å²) in [5, 5.41) is 0. The molecule has 0 atom stereocenters. The summed E-state index contributed by atoms with van der Waals surface area (Å²) in [5.41, 5.74) is 2.34. The molecule has 1 nitrogen and oxygen atoms in total. The van der Waals surface area contributed by atoms with Gasteiger partial charge in [-0.2, -0.15) is 0 Å². The first-order valence-electron chi connectivity index (χ1n) is 4.40. The highest BCUT2D eigenvalue weighted by molar-refractivity contribution is 6.01. The predicted octanol–water partition coefficient (Wildman–Crippen LogP) is 2.95. The Morgan fingerprint density at radius 2 is 1.85 bits per heavy atom. The third-order valence-electron chi connectivity index (χ3n) is 1.98. The molecule has 2 rings (SSSR count). The van der Waals surface area contributed by atoms with Crippen molar-refractivity contribution in [3.63, 3.8) is 0 Å². The molecule has 0 amide bonds. The van der Waals surface area contributed by atoms with Gasteiger partial charge in [-0.15, -0.1) is 0 Å². The van der Waals surface area contributed by atoms with Crippen molar-refractivity contribution in [1.82, 2.24) is 0 Å². The lowest BCUT2D eigenvalue weighted by Gasteiger charge is -2.00. The monoisotopic (exact) mass is 169 g/mol. The van der Waals surface area contributed by atoms with Gasteiger partial charge in [0.25, 0.3) is 0 Å². The van der Waals surface area contributed by atoms with E-state index in [4.69, 9.17) is 0 Å². The zero-order chi connectivity index (χ0) is 8.93. The lowest BCUT2D eigenvalue weighted by atomic mass is 10.1. The second kappa shape index (κ2) is 3.85. The van der Waals surface area contributed by atoms with Crippen LogP contribution < -0.4 is 0 Å². The number of hydrogen-bond donors (Lipinski definition) is 0. The normalized spacial score (nSPS) is 15.2. The molecular weight excluding hydrogens is 158 g/mol. The van der Waals surface area contributed by atoms with Crippen molar-refractivity contribution in [2.45, 2.75) is 6.42 Å². The summed E-state index contributed by atoms with van der Waals surface area (Å²) in [6, 6.07) is 10.3. The molecule has 0 radical (unpaired) electrons. The average Bonchev–Trinajstić information content (AvgIpc) is 2.47. The quantitative estimate of drug-likeness (QED) is 0.613. The molecule has 0 aromatic heterocycles. The van der Waals surface area contributed by atoms with E-state index < -0.39 is 0 Å². The molecule has 0 aliphatic carbocycles. The van der Waals surface area contributed by atoms with E-state index in [1.54, 1.807) is 0 Å². The van der Waals surface area contributed by atoms with Crippen molar-refractivity contribution in [1.29, 1.82) is 0 Å². The first-order valence-corrected chi connectivity index (χ1v) is 4.40. The van der Waals surface area contributed by atoms with Crippen LogP contribution in [0.4, 0.5) is 0 Å². The highest BCUT2D eigenvalue weighted by Crippen LogP contribution is 2.07. The fraction of sp³-hybridized carbons (Fsp3) is 0.0833. The van der Waals surface area contributed by atoms with Gasteiger partial charge in [0.15, 0.2) is 0 Å². The van der Waals surface area contributed by atoms with Crippen LogP contribution >= 0.6 is 0 Å². The first kappa shape index (κ1) is 7.99.